The van der Waals surface area contributed by atoms with E-state index in [0.29, 0.717) is 17.8 Å². The largest absolute Gasteiger partial charge is 0.398 e. The highest BCUT2D eigenvalue weighted by Gasteiger charge is 2.29. The fraction of sp³-hybridized carbons (Fsp3) is 0.417. The molecule has 4 nitrogen and oxygen atoms in total. The maximum atomic E-state index is 13.1. The number of hydrogen-bond donors (Lipinski definition) is 2. The van der Waals surface area contributed by atoms with Crippen molar-refractivity contribution in [2.45, 2.75) is 25.4 Å². The zero-order chi connectivity index (χ0) is 12.4. The van der Waals surface area contributed by atoms with Gasteiger partial charge in [0.05, 0.1) is 6.04 Å². The Bertz CT molecular complexity index is 436. The Balaban J connectivity index is 2.15. The summed E-state index contributed by atoms with van der Waals surface area (Å²) < 4.78 is 13.1. The van der Waals surface area contributed by atoms with E-state index in [9.17, 15) is 9.18 Å². The Labute approximate surface area is 99.4 Å². The molecule has 1 aromatic rings. The number of hydrogen-bond acceptors (Lipinski definition) is 3. The van der Waals surface area contributed by atoms with Crippen LogP contribution >= 0.6 is 0 Å². The molecule has 0 saturated carbocycles. The quantitative estimate of drug-likeness (QED) is 0.766. The summed E-state index contributed by atoms with van der Waals surface area (Å²) in [6.07, 6.45) is 1.70. The first-order valence-corrected chi connectivity index (χ1v) is 5.65. The van der Waals surface area contributed by atoms with Crippen molar-refractivity contribution >= 4 is 11.6 Å². The van der Waals surface area contributed by atoms with Crippen LogP contribution in [-0.2, 0) is 11.3 Å². The van der Waals surface area contributed by atoms with E-state index in [1.807, 2.05) is 4.90 Å². The van der Waals surface area contributed by atoms with E-state index in [1.54, 1.807) is 6.07 Å². The highest BCUT2D eigenvalue weighted by Crippen LogP contribution is 2.22. The molecule has 1 aliphatic rings. The molecule has 0 spiro atoms. The summed E-state index contributed by atoms with van der Waals surface area (Å²) in [5.74, 6) is -0.638. The summed E-state index contributed by atoms with van der Waals surface area (Å²) in [7, 11) is 0. The van der Waals surface area contributed by atoms with Crippen LogP contribution in [0.4, 0.5) is 10.1 Å². The second-order valence-corrected chi connectivity index (χ2v) is 4.37. The van der Waals surface area contributed by atoms with E-state index in [-0.39, 0.29) is 17.8 Å². The number of rotatable bonds is 3. The number of primary amides is 1. The molecule has 0 radical (unpaired) electrons. The SMILES string of the molecule is NC(=O)C1CCCN1Cc1cc(F)ccc1N. The molecule has 0 aliphatic carbocycles. The van der Waals surface area contributed by atoms with Crippen LogP contribution in [0.1, 0.15) is 18.4 Å². The van der Waals surface area contributed by atoms with Gasteiger partial charge in [-0.05, 0) is 43.1 Å². The second kappa shape index (κ2) is 4.71. The smallest absolute Gasteiger partial charge is 0.234 e. The molecular weight excluding hydrogens is 221 g/mol. The number of nitrogens with two attached hydrogens (primary N) is 2. The molecule has 1 aliphatic heterocycles. The fourth-order valence-electron chi connectivity index (χ4n) is 2.27. The highest BCUT2D eigenvalue weighted by molar-refractivity contribution is 5.80. The molecule has 1 heterocycles. The van der Waals surface area contributed by atoms with Crippen LogP contribution in [0.2, 0.25) is 0 Å². The molecule has 0 bridgehead atoms. The van der Waals surface area contributed by atoms with E-state index < -0.39 is 0 Å². The average molecular weight is 237 g/mol. The van der Waals surface area contributed by atoms with Gasteiger partial charge in [-0.2, -0.15) is 0 Å². The van der Waals surface area contributed by atoms with Gasteiger partial charge < -0.3 is 11.5 Å². The number of likely N-dealkylation sites (tertiary alicyclic amines) is 1. The van der Waals surface area contributed by atoms with Crippen LogP contribution in [0.15, 0.2) is 18.2 Å². The van der Waals surface area contributed by atoms with Gasteiger partial charge in [0.25, 0.3) is 0 Å². The summed E-state index contributed by atoms with van der Waals surface area (Å²) >= 11 is 0. The Morgan fingerprint density at radius 3 is 3.00 bits per heavy atom. The Morgan fingerprint density at radius 2 is 2.29 bits per heavy atom. The summed E-state index contributed by atoms with van der Waals surface area (Å²) in [4.78, 5) is 13.2. The molecule has 1 aromatic carbocycles. The first-order valence-electron chi connectivity index (χ1n) is 5.65. The zero-order valence-electron chi connectivity index (χ0n) is 9.53. The van der Waals surface area contributed by atoms with E-state index in [0.717, 1.165) is 19.4 Å². The van der Waals surface area contributed by atoms with Gasteiger partial charge in [0.1, 0.15) is 5.82 Å². The minimum Gasteiger partial charge on any atom is -0.398 e. The summed E-state index contributed by atoms with van der Waals surface area (Å²) in [5.41, 5.74) is 12.4. The Hall–Kier alpha value is -1.62. The van der Waals surface area contributed by atoms with Gasteiger partial charge in [-0.1, -0.05) is 0 Å². The Kier molecular flexibility index (Phi) is 3.28. The predicted octanol–water partition coefficient (Wildman–Crippen LogP) is 0.858. The number of carbonyl (C=O) groups excluding carboxylic acids is 1. The van der Waals surface area contributed by atoms with Gasteiger partial charge in [0, 0.05) is 12.2 Å². The summed E-state index contributed by atoms with van der Waals surface area (Å²) in [6.45, 7) is 1.26. The van der Waals surface area contributed by atoms with E-state index in [2.05, 4.69) is 0 Å². The number of nitrogen functional groups attached to an aromatic ring is 1. The van der Waals surface area contributed by atoms with Crippen LogP contribution < -0.4 is 11.5 Å². The number of anilines is 1. The van der Waals surface area contributed by atoms with Crippen LogP contribution in [0, 0.1) is 5.82 Å². The third kappa shape index (κ3) is 2.55. The molecule has 1 unspecified atom stereocenters. The molecule has 2 rings (SSSR count). The zero-order valence-corrected chi connectivity index (χ0v) is 9.53. The fourth-order valence-corrected chi connectivity index (χ4v) is 2.27. The molecule has 1 atom stereocenters. The van der Waals surface area contributed by atoms with Crippen molar-refractivity contribution in [1.29, 1.82) is 0 Å². The standard InChI is InChI=1S/C12H16FN3O/c13-9-3-4-10(14)8(6-9)7-16-5-1-2-11(16)12(15)17/h3-4,6,11H,1-2,5,7,14H2,(H2,15,17). The van der Waals surface area contributed by atoms with Crippen molar-refractivity contribution < 1.29 is 9.18 Å². The van der Waals surface area contributed by atoms with Gasteiger partial charge in [-0.3, -0.25) is 9.69 Å². The van der Waals surface area contributed by atoms with Crippen LogP contribution in [0.25, 0.3) is 0 Å². The maximum Gasteiger partial charge on any atom is 0.234 e. The number of halogens is 1. The van der Waals surface area contributed by atoms with Crippen LogP contribution in [0.3, 0.4) is 0 Å². The molecule has 5 heteroatoms. The lowest BCUT2D eigenvalue weighted by Crippen LogP contribution is -2.39. The van der Waals surface area contributed by atoms with E-state index >= 15 is 0 Å². The predicted molar refractivity (Wildman–Crippen MR) is 63.4 cm³/mol. The van der Waals surface area contributed by atoms with Crippen molar-refractivity contribution in [3.8, 4) is 0 Å². The maximum absolute atomic E-state index is 13.1. The van der Waals surface area contributed by atoms with Crippen LogP contribution in [0.5, 0.6) is 0 Å². The number of nitrogens with zero attached hydrogens (tertiary/aromatic N) is 1. The molecule has 92 valence electrons. The highest BCUT2D eigenvalue weighted by atomic mass is 19.1. The topological polar surface area (TPSA) is 72.4 Å². The minimum atomic E-state index is -0.322. The van der Waals surface area contributed by atoms with Crippen molar-refractivity contribution in [2.75, 3.05) is 12.3 Å². The molecule has 17 heavy (non-hydrogen) atoms. The average Bonchev–Trinajstić information content (AvgIpc) is 2.71. The van der Waals surface area contributed by atoms with Gasteiger partial charge in [0.2, 0.25) is 5.91 Å². The van der Waals surface area contributed by atoms with Crippen molar-refractivity contribution in [3.05, 3.63) is 29.6 Å². The molecule has 1 fully saturated rings. The summed E-state index contributed by atoms with van der Waals surface area (Å²) in [6, 6.07) is 4.03. The van der Waals surface area contributed by atoms with Crippen molar-refractivity contribution in [2.24, 2.45) is 5.73 Å². The molecular formula is C12H16FN3O. The van der Waals surface area contributed by atoms with Crippen molar-refractivity contribution in [1.82, 2.24) is 4.90 Å². The van der Waals surface area contributed by atoms with Crippen molar-refractivity contribution in [3.63, 3.8) is 0 Å². The lowest BCUT2D eigenvalue weighted by Gasteiger charge is -2.22. The van der Waals surface area contributed by atoms with Crippen LogP contribution in [-0.4, -0.2) is 23.4 Å². The third-order valence-electron chi connectivity index (χ3n) is 3.17. The normalized spacial score (nSPS) is 20.6. The third-order valence-corrected chi connectivity index (χ3v) is 3.17. The number of amides is 1. The van der Waals surface area contributed by atoms with Gasteiger partial charge in [-0.15, -0.1) is 0 Å². The first-order chi connectivity index (χ1) is 8.08. The first kappa shape index (κ1) is 11.9. The minimum absolute atomic E-state index is 0.252. The lowest BCUT2D eigenvalue weighted by molar-refractivity contribution is -0.122. The number of benzene rings is 1. The lowest BCUT2D eigenvalue weighted by atomic mass is 10.1. The van der Waals surface area contributed by atoms with E-state index in [1.165, 1.54) is 12.1 Å². The number of carbonyl (C=O) groups is 1. The van der Waals surface area contributed by atoms with Gasteiger partial charge in [-0.25, -0.2) is 4.39 Å². The van der Waals surface area contributed by atoms with Gasteiger partial charge >= 0.3 is 0 Å². The Morgan fingerprint density at radius 1 is 1.53 bits per heavy atom. The molecule has 1 saturated heterocycles. The summed E-state index contributed by atoms with van der Waals surface area (Å²) in [5, 5.41) is 0. The molecule has 0 aromatic heterocycles. The monoisotopic (exact) mass is 237 g/mol. The van der Waals surface area contributed by atoms with Gasteiger partial charge in [0.15, 0.2) is 0 Å². The second-order valence-electron chi connectivity index (χ2n) is 4.37. The van der Waals surface area contributed by atoms with E-state index in [4.69, 9.17) is 11.5 Å². The molecule has 1 amide bonds. The molecule has 4 N–H and O–H groups in total.